The second-order valence-electron chi connectivity index (χ2n) is 2.97. The standard InChI is InChI=1S/C8H15NO4/c1-11-2-3-13-8(10)6-4-12-5-7(6)9/h6-7H,2-5,9H2,1H3. The van der Waals surface area contributed by atoms with E-state index in [0.29, 0.717) is 19.8 Å². The molecule has 1 saturated heterocycles. The van der Waals surface area contributed by atoms with Gasteiger partial charge in [0.1, 0.15) is 6.61 Å². The lowest BCUT2D eigenvalue weighted by atomic mass is 10.1. The van der Waals surface area contributed by atoms with Crippen molar-refractivity contribution in [1.29, 1.82) is 0 Å². The molecule has 1 aliphatic rings. The van der Waals surface area contributed by atoms with Gasteiger partial charge in [-0.05, 0) is 0 Å². The predicted octanol–water partition coefficient (Wildman–Crippen LogP) is -0.850. The first-order valence-electron chi connectivity index (χ1n) is 4.24. The summed E-state index contributed by atoms with van der Waals surface area (Å²) in [5, 5.41) is 0. The maximum atomic E-state index is 11.3. The zero-order valence-corrected chi connectivity index (χ0v) is 7.69. The van der Waals surface area contributed by atoms with Gasteiger partial charge in [-0.3, -0.25) is 4.79 Å². The molecule has 0 radical (unpaired) electrons. The number of nitrogens with two attached hydrogens (primary N) is 1. The third kappa shape index (κ3) is 2.95. The molecule has 13 heavy (non-hydrogen) atoms. The molecule has 2 atom stereocenters. The zero-order valence-electron chi connectivity index (χ0n) is 7.69. The number of carbonyl (C=O) groups is 1. The molecule has 0 aromatic heterocycles. The van der Waals surface area contributed by atoms with Crippen molar-refractivity contribution < 1.29 is 19.0 Å². The summed E-state index contributed by atoms with van der Waals surface area (Å²) in [6.07, 6.45) is 0. The van der Waals surface area contributed by atoms with E-state index in [4.69, 9.17) is 19.9 Å². The fourth-order valence-electron chi connectivity index (χ4n) is 1.15. The highest BCUT2D eigenvalue weighted by Crippen LogP contribution is 2.12. The number of hydrogen-bond acceptors (Lipinski definition) is 5. The van der Waals surface area contributed by atoms with E-state index in [1.54, 1.807) is 7.11 Å². The van der Waals surface area contributed by atoms with Crippen LogP contribution in [0.2, 0.25) is 0 Å². The van der Waals surface area contributed by atoms with E-state index in [1.807, 2.05) is 0 Å². The number of hydrogen-bond donors (Lipinski definition) is 1. The number of esters is 1. The molecule has 76 valence electrons. The molecule has 0 spiro atoms. The first-order chi connectivity index (χ1) is 6.25. The molecule has 0 amide bonds. The minimum Gasteiger partial charge on any atom is -0.463 e. The second kappa shape index (κ2) is 5.16. The van der Waals surface area contributed by atoms with Crippen LogP contribution in [0.1, 0.15) is 0 Å². The highest BCUT2D eigenvalue weighted by Gasteiger charge is 2.32. The Morgan fingerprint density at radius 1 is 1.54 bits per heavy atom. The van der Waals surface area contributed by atoms with Crippen LogP contribution in [0.5, 0.6) is 0 Å². The van der Waals surface area contributed by atoms with Crippen LogP contribution in [0.4, 0.5) is 0 Å². The van der Waals surface area contributed by atoms with E-state index in [1.165, 1.54) is 0 Å². The Morgan fingerprint density at radius 2 is 2.31 bits per heavy atom. The van der Waals surface area contributed by atoms with E-state index in [0.717, 1.165) is 0 Å². The van der Waals surface area contributed by atoms with Crippen molar-refractivity contribution in [3.63, 3.8) is 0 Å². The average molecular weight is 189 g/mol. The monoisotopic (exact) mass is 189 g/mol. The molecule has 1 heterocycles. The van der Waals surface area contributed by atoms with Crippen LogP contribution in [0.3, 0.4) is 0 Å². The largest absolute Gasteiger partial charge is 0.463 e. The fourth-order valence-corrected chi connectivity index (χ4v) is 1.15. The number of ether oxygens (including phenoxy) is 3. The van der Waals surface area contributed by atoms with Crippen molar-refractivity contribution >= 4 is 5.97 Å². The lowest BCUT2D eigenvalue weighted by molar-refractivity contribution is -0.150. The summed E-state index contributed by atoms with van der Waals surface area (Å²) in [7, 11) is 1.55. The topological polar surface area (TPSA) is 70.8 Å². The van der Waals surface area contributed by atoms with Gasteiger partial charge in [-0.25, -0.2) is 0 Å². The number of rotatable bonds is 4. The highest BCUT2D eigenvalue weighted by atomic mass is 16.6. The van der Waals surface area contributed by atoms with Gasteiger partial charge in [0.15, 0.2) is 0 Å². The van der Waals surface area contributed by atoms with E-state index in [9.17, 15) is 4.79 Å². The maximum absolute atomic E-state index is 11.3. The van der Waals surface area contributed by atoms with Gasteiger partial charge in [-0.2, -0.15) is 0 Å². The van der Waals surface area contributed by atoms with Crippen LogP contribution in [-0.2, 0) is 19.0 Å². The van der Waals surface area contributed by atoms with Gasteiger partial charge in [0.05, 0.1) is 25.7 Å². The van der Waals surface area contributed by atoms with Gasteiger partial charge in [0, 0.05) is 13.2 Å². The lowest BCUT2D eigenvalue weighted by Gasteiger charge is -2.11. The maximum Gasteiger partial charge on any atom is 0.313 e. The van der Waals surface area contributed by atoms with Crippen LogP contribution in [-0.4, -0.2) is 45.5 Å². The quantitative estimate of drug-likeness (QED) is 0.460. The van der Waals surface area contributed by atoms with Crippen LogP contribution in [0, 0.1) is 5.92 Å². The Morgan fingerprint density at radius 3 is 2.85 bits per heavy atom. The predicted molar refractivity (Wildman–Crippen MR) is 45.1 cm³/mol. The van der Waals surface area contributed by atoms with Gasteiger partial charge < -0.3 is 19.9 Å². The van der Waals surface area contributed by atoms with E-state index in [-0.39, 0.29) is 24.5 Å². The van der Waals surface area contributed by atoms with Gasteiger partial charge in [-0.15, -0.1) is 0 Å². The van der Waals surface area contributed by atoms with E-state index >= 15 is 0 Å². The summed E-state index contributed by atoms with van der Waals surface area (Å²) >= 11 is 0. The minimum atomic E-state index is -0.308. The summed E-state index contributed by atoms with van der Waals surface area (Å²) in [4.78, 5) is 11.3. The van der Waals surface area contributed by atoms with E-state index < -0.39 is 0 Å². The summed E-state index contributed by atoms with van der Waals surface area (Å²) in [6, 6.07) is -0.227. The third-order valence-electron chi connectivity index (χ3n) is 1.96. The molecule has 1 aliphatic heterocycles. The molecule has 2 N–H and O–H groups in total. The Labute approximate surface area is 77.1 Å². The third-order valence-corrected chi connectivity index (χ3v) is 1.96. The van der Waals surface area contributed by atoms with Crippen LogP contribution < -0.4 is 5.73 Å². The molecule has 1 rings (SSSR count). The lowest BCUT2D eigenvalue weighted by Crippen LogP contribution is -2.35. The first-order valence-corrected chi connectivity index (χ1v) is 4.24. The molecule has 1 fully saturated rings. The first kappa shape index (κ1) is 10.4. The highest BCUT2D eigenvalue weighted by molar-refractivity contribution is 5.73. The van der Waals surface area contributed by atoms with Gasteiger partial charge >= 0.3 is 5.97 Å². The van der Waals surface area contributed by atoms with E-state index in [2.05, 4.69) is 0 Å². The molecule has 5 nitrogen and oxygen atoms in total. The van der Waals surface area contributed by atoms with Crippen LogP contribution in [0.25, 0.3) is 0 Å². The van der Waals surface area contributed by atoms with Crippen molar-refractivity contribution in [3.05, 3.63) is 0 Å². The van der Waals surface area contributed by atoms with Gasteiger partial charge in [-0.1, -0.05) is 0 Å². The Balaban J connectivity index is 2.22. The SMILES string of the molecule is COCCOC(=O)C1COCC1N. The van der Waals surface area contributed by atoms with Gasteiger partial charge in [0.25, 0.3) is 0 Å². The smallest absolute Gasteiger partial charge is 0.313 e. The summed E-state index contributed by atoms with van der Waals surface area (Å²) in [5.41, 5.74) is 5.63. The van der Waals surface area contributed by atoms with Crippen molar-refractivity contribution in [3.8, 4) is 0 Å². The van der Waals surface area contributed by atoms with Crippen LogP contribution in [0.15, 0.2) is 0 Å². The number of methoxy groups -OCH3 is 1. The Kier molecular flexibility index (Phi) is 4.14. The molecule has 0 aliphatic carbocycles. The minimum absolute atomic E-state index is 0.227. The van der Waals surface area contributed by atoms with Gasteiger partial charge in [0.2, 0.25) is 0 Å². The molecule has 0 bridgehead atoms. The molecule has 5 heteroatoms. The summed E-state index contributed by atoms with van der Waals surface area (Å²) in [5.74, 6) is -0.598. The Hall–Kier alpha value is -0.650. The molecule has 0 aromatic rings. The zero-order chi connectivity index (χ0) is 9.68. The molecule has 2 unspecified atom stereocenters. The second-order valence-corrected chi connectivity index (χ2v) is 2.97. The molecule has 0 aromatic carbocycles. The Bertz CT molecular complexity index is 174. The molecular formula is C8H15NO4. The van der Waals surface area contributed by atoms with Crippen molar-refractivity contribution in [2.24, 2.45) is 11.7 Å². The summed E-state index contributed by atoms with van der Waals surface area (Å²) < 4.78 is 14.7. The summed E-state index contributed by atoms with van der Waals surface area (Å²) in [6.45, 7) is 1.49. The van der Waals surface area contributed by atoms with Crippen LogP contribution >= 0.6 is 0 Å². The van der Waals surface area contributed by atoms with Crippen molar-refractivity contribution in [2.45, 2.75) is 6.04 Å². The average Bonchev–Trinajstić information content (AvgIpc) is 2.52. The molecular weight excluding hydrogens is 174 g/mol. The molecule has 0 saturated carbocycles. The normalized spacial score (nSPS) is 27.5. The van der Waals surface area contributed by atoms with Crippen molar-refractivity contribution in [1.82, 2.24) is 0 Å². The number of carbonyl (C=O) groups excluding carboxylic acids is 1. The van der Waals surface area contributed by atoms with Crippen molar-refractivity contribution in [2.75, 3.05) is 33.5 Å². The fraction of sp³-hybridized carbons (Fsp3) is 0.875.